The lowest BCUT2D eigenvalue weighted by Gasteiger charge is -2.08. The van der Waals surface area contributed by atoms with Gasteiger partial charge in [-0.3, -0.25) is 4.79 Å². The summed E-state index contributed by atoms with van der Waals surface area (Å²) in [5.74, 6) is -0.322. The van der Waals surface area contributed by atoms with Gasteiger partial charge in [-0.2, -0.15) is 0 Å². The van der Waals surface area contributed by atoms with Crippen molar-refractivity contribution in [2.45, 2.75) is 6.92 Å². The van der Waals surface area contributed by atoms with E-state index in [-0.39, 0.29) is 5.91 Å². The normalized spacial score (nSPS) is 10.2. The van der Waals surface area contributed by atoms with Crippen LogP contribution in [0.2, 0.25) is 10.0 Å². The molecule has 0 aliphatic rings. The van der Waals surface area contributed by atoms with Crippen molar-refractivity contribution in [3.05, 3.63) is 52.0 Å². The Labute approximate surface area is 114 Å². The Morgan fingerprint density at radius 1 is 1.33 bits per heavy atom. The summed E-state index contributed by atoms with van der Waals surface area (Å²) in [6.45, 7) is 1.73. The summed E-state index contributed by atoms with van der Waals surface area (Å²) in [4.78, 5) is 19.8. The van der Waals surface area contributed by atoms with Gasteiger partial charge in [0.05, 0.1) is 22.0 Å². The van der Waals surface area contributed by atoms with Gasteiger partial charge in [-0.25, -0.2) is 9.97 Å². The largest absolute Gasteiger partial charge is 0.320 e. The fraction of sp³-hybridized carbons (Fsp3) is 0.0833. The second kappa shape index (κ2) is 5.33. The molecule has 92 valence electrons. The molecule has 2 rings (SSSR count). The maximum Gasteiger partial charge on any atom is 0.259 e. The number of hydrogen-bond donors (Lipinski definition) is 1. The zero-order chi connectivity index (χ0) is 13.1. The maximum atomic E-state index is 12.0. The number of amides is 1. The van der Waals surface area contributed by atoms with Gasteiger partial charge in [0.25, 0.3) is 5.91 Å². The first-order chi connectivity index (χ1) is 8.58. The van der Waals surface area contributed by atoms with Crippen LogP contribution in [0.3, 0.4) is 0 Å². The van der Waals surface area contributed by atoms with E-state index in [1.54, 1.807) is 25.1 Å². The number of halogens is 2. The van der Waals surface area contributed by atoms with Crippen LogP contribution in [0.4, 0.5) is 5.69 Å². The van der Waals surface area contributed by atoms with Crippen molar-refractivity contribution < 1.29 is 4.79 Å². The van der Waals surface area contributed by atoms with Crippen molar-refractivity contribution in [3.8, 4) is 0 Å². The highest BCUT2D eigenvalue weighted by molar-refractivity contribution is 6.35. The topological polar surface area (TPSA) is 54.9 Å². The molecule has 18 heavy (non-hydrogen) atoms. The van der Waals surface area contributed by atoms with Crippen LogP contribution < -0.4 is 5.32 Å². The van der Waals surface area contributed by atoms with Gasteiger partial charge >= 0.3 is 0 Å². The number of aryl methyl sites for hydroxylation is 1. The van der Waals surface area contributed by atoms with Gasteiger partial charge in [-0.15, -0.1) is 0 Å². The quantitative estimate of drug-likeness (QED) is 0.919. The van der Waals surface area contributed by atoms with Crippen LogP contribution in [0.15, 0.2) is 30.7 Å². The number of carbonyl (C=O) groups is 1. The van der Waals surface area contributed by atoms with Crippen molar-refractivity contribution in [2.24, 2.45) is 0 Å². The van der Waals surface area contributed by atoms with Gasteiger partial charge in [0, 0.05) is 11.2 Å². The smallest absolute Gasteiger partial charge is 0.259 e. The lowest BCUT2D eigenvalue weighted by atomic mass is 10.2. The van der Waals surface area contributed by atoms with Gasteiger partial charge < -0.3 is 5.32 Å². The Morgan fingerprint density at radius 3 is 2.83 bits per heavy atom. The maximum absolute atomic E-state index is 12.0. The van der Waals surface area contributed by atoms with Crippen molar-refractivity contribution >= 4 is 34.8 Å². The molecule has 1 heterocycles. The van der Waals surface area contributed by atoms with Gasteiger partial charge in [0.15, 0.2) is 0 Å². The van der Waals surface area contributed by atoms with E-state index in [0.717, 1.165) is 0 Å². The summed E-state index contributed by atoms with van der Waals surface area (Å²) < 4.78 is 0. The van der Waals surface area contributed by atoms with E-state index >= 15 is 0 Å². The second-order valence-corrected chi connectivity index (χ2v) is 4.44. The monoisotopic (exact) mass is 281 g/mol. The molecular formula is C12H9Cl2N3O. The summed E-state index contributed by atoms with van der Waals surface area (Å²) >= 11 is 11.8. The molecule has 1 aromatic carbocycles. The van der Waals surface area contributed by atoms with Crippen molar-refractivity contribution in [1.29, 1.82) is 0 Å². The van der Waals surface area contributed by atoms with Crippen molar-refractivity contribution in [3.63, 3.8) is 0 Å². The van der Waals surface area contributed by atoms with E-state index in [4.69, 9.17) is 23.2 Å². The van der Waals surface area contributed by atoms with Gasteiger partial charge in [-0.05, 0) is 25.1 Å². The minimum Gasteiger partial charge on any atom is -0.320 e. The van der Waals surface area contributed by atoms with Crippen LogP contribution in [0.5, 0.6) is 0 Å². The minimum atomic E-state index is -0.322. The molecule has 1 N–H and O–H groups in total. The number of benzene rings is 1. The van der Waals surface area contributed by atoms with E-state index in [2.05, 4.69) is 15.3 Å². The van der Waals surface area contributed by atoms with E-state index in [9.17, 15) is 4.79 Å². The summed E-state index contributed by atoms with van der Waals surface area (Å²) in [5.41, 5.74) is 1.45. The molecule has 0 aliphatic heterocycles. The Balaban J connectivity index is 2.27. The molecule has 1 amide bonds. The Morgan fingerprint density at radius 2 is 2.11 bits per heavy atom. The lowest BCUT2D eigenvalue weighted by Crippen LogP contribution is -2.14. The van der Waals surface area contributed by atoms with E-state index < -0.39 is 0 Å². The third-order valence-corrected chi connectivity index (χ3v) is 2.90. The number of rotatable bonds is 2. The molecule has 0 fully saturated rings. The van der Waals surface area contributed by atoms with Gasteiger partial charge in [0.1, 0.15) is 6.33 Å². The summed E-state index contributed by atoms with van der Waals surface area (Å²) in [6, 6.07) is 4.85. The fourth-order valence-corrected chi connectivity index (χ4v) is 1.73. The number of aromatic nitrogens is 2. The number of nitrogens with zero attached hydrogens (tertiary/aromatic N) is 2. The van der Waals surface area contributed by atoms with E-state index in [1.165, 1.54) is 12.5 Å². The van der Waals surface area contributed by atoms with Crippen molar-refractivity contribution in [2.75, 3.05) is 5.32 Å². The fourth-order valence-electron chi connectivity index (χ4n) is 1.40. The van der Waals surface area contributed by atoms with Crippen LogP contribution in [0.1, 0.15) is 16.1 Å². The van der Waals surface area contributed by atoms with Crippen molar-refractivity contribution in [1.82, 2.24) is 9.97 Å². The Hall–Kier alpha value is -1.65. The van der Waals surface area contributed by atoms with E-state index in [0.29, 0.717) is 27.0 Å². The van der Waals surface area contributed by atoms with Gasteiger partial charge in [-0.1, -0.05) is 23.2 Å². The lowest BCUT2D eigenvalue weighted by molar-refractivity contribution is 0.102. The molecule has 4 nitrogen and oxygen atoms in total. The zero-order valence-electron chi connectivity index (χ0n) is 9.45. The first-order valence-electron chi connectivity index (χ1n) is 5.11. The molecule has 0 spiro atoms. The molecule has 6 heteroatoms. The molecule has 0 unspecified atom stereocenters. The molecule has 0 radical (unpaired) electrons. The van der Waals surface area contributed by atoms with Crippen LogP contribution >= 0.6 is 23.2 Å². The third-order valence-electron chi connectivity index (χ3n) is 2.33. The first-order valence-corrected chi connectivity index (χ1v) is 5.86. The van der Waals surface area contributed by atoms with Crippen LogP contribution in [-0.4, -0.2) is 15.9 Å². The Bertz CT molecular complexity index is 602. The van der Waals surface area contributed by atoms with E-state index in [1.807, 2.05) is 0 Å². The number of nitrogens with one attached hydrogen (secondary N) is 1. The molecule has 1 aromatic heterocycles. The highest BCUT2D eigenvalue weighted by Gasteiger charge is 2.12. The summed E-state index contributed by atoms with van der Waals surface area (Å²) in [6.07, 6.45) is 2.84. The molecule has 0 bridgehead atoms. The highest BCUT2D eigenvalue weighted by atomic mass is 35.5. The number of carbonyl (C=O) groups excluding carboxylic acids is 1. The molecule has 2 aromatic rings. The predicted molar refractivity (Wildman–Crippen MR) is 71.2 cm³/mol. The standard InChI is InChI=1S/C12H9Cl2N3O/c1-7-9(5-15-6-16-7)12(18)17-11-4-8(13)2-3-10(11)14/h2-6H,1H3,(H,17,18). The van der Waals surface area contributed by atoms with Crippen LogP contribution in [-0.2, 0) is 0 Å². The number of anilines is 1. The molecule has 0 aliphatic carbocycles. The average Bonchev–Trinajstić information content (AvgIpc) is 2.34. The zero-order valence-corrected chi connectivity index (χ0v) is 11.0. The first kappa shape index (κ1) is 12.8. The number of hydrogen-bond acceptors (Lipinski definition) is 3. The SMILES string of the molecule is Cc1ncncc1C(=O)Nc1cc(Cl)ccc1Cl. The van der Waals surface area contributed by atoms with Crippen LogP contribution in [0.25, 0.3) is 0 Å². The second-order valence-electron chi connectivity index (χ2n) is 3.60. The summed E-state index contributed by atoms with van der Waals surface area (Å²) in [7, 11) is 0. The predicted octanol–water partition coefficient (Wildman–Crippen LogP) is 3.34. The van der Waals surface area contributed by atoms with Gasteiger partial charge in [0.2, 0.25) is 0 Å². The third kappa shape index (κ3) is 2.78. The Kier molecular flexibility index (Phi) is 3.79. The average molecular weight is 282 g/mol. The highest BCUT2D eigenvalue weighted by Crippen LogP contribution is 2.25. The molecular weight excluding hydrogens is 273 g/mol. The molecule has 0 atom stereocenters. The molecule has 0 saturated carbocycles. The summed E-state index contributed by atoms with van der Waals surface area (Å²) in [5, 5.41) is 3.59. The van der Waals surface area contributed by atoms with Crippen LogP contribution in [0, 0.1) is 6.92 Å². The molecule has 0 saturated heterocycles. The minimum absolute atomic E-state index is 0.322.